The van der Waals surface area contributed by atoms with E-state index in [9.17, 15) is 9.59 Å². The summed E-state index contributed by atoms with van der Waals surface area (Å²) in [6.07, 6.45) is 2.75. The van der Waals surface area contributed by atoms with Crippen LogP contribution in [0.25, 0.3) is 0 Å². The van der Waals surface area contributed by atoms with Crippen molar-refractivity contribution in [2.24, 2.45) is 5.92 Å². The maximum atomic E-state index is 10.8. The van der Waals surface area contributed by atoms with Crippen molar-refractivity contribution in [3.8, 4) is 0 Å². The van der Waals surface area contributed by atoms with E-state index >= 15 is 0 Å². The predicted octanol–water partition coefficient (Wildman–Crippen LogP) is 1.20. The van der Waals surface area contributed by atoms with Gasteiger partial charge in [-0.3, -0.25) is 0 Å². The summed E-state index contributed by atoms with van der Waals surface area (Å²) in [5.74, 6) is -0.503. The zero-order valence-electron chi connectivity index (χ0n) is 7.04. The van der Waals surface area contributed by atoms with E-state index in [0.717, 1.165) is 12.8 Å². The van der Waals surface area contributed by atoms with E-state index < -0.39 is 11.9 Å². The molecule has 0 N–H and O–H groups in total. The van der Waals surface area contributed by atoms with Crippen molar-refractivity contribution in [1.82, 2.24) is 0 Å². The second kappa shape index (κ2) is 4.09. The highest BCUT2D eigenvalue weighted by Crippen LogP contribution is 2.32. The molecule has 1 fully saturated rings. The Hall–Kier alpha value is -1.06. The van der Waals surface area contributed by atoms with Crippen molar-refractivity contribution in [2.45, 2.75) is 32.6 Å². The van der Waals surface area contributed by atoms with Crippen LogP contribution in [0.15, 0.2) is 0 Å². The topological polar surface area (TPSA) is 52.6 Å². The minimum atomic E-state index is -0.515. The van der Waals surface area contributed by atoms with Crippen molar-refractivity contribution in [1.29, 1.82) is 0 Å². The standard InChI is InChI=1S/C8H12O4/c1-2-7(9)11-12-8(10)5-6-3-4-6/h6H,2-5H2,1H3. The van der Waals surface area contributed by atoms with Crippen LogP contribution in [0.2, 0.25) is 0 Å². The summed E-state index contributed by atoms with van der Waals surface area (Å²) in [6, 6.07) is 0. The number of hydrogen-bond donors (Lipinski definition) is 0. The SMILES string of the molecule is CCC(=O)OOC(=O)CC1CC1. The monoisotopic (exact) mass is 172 g/mol. The van der Waals surface area contributed by atoms with E-state index in [1.54, 1.807) is 6.92 Å². The molecular weight excluding hydrogens is 160 g/mol. The molecule has 0 aromatic heterocycles. The molecular formula is C8H12O4. The summed E-state index contributed by atoms with van der Waals surface area (Å²) in [7, 11) is 0. The Morgan fingerprint density at radius 3 is 2.33 bits per heavy atom. The number of carbonyl (C=O) groups is 2. The third kappa shape index (κ3) is 3.37. The number of carbonyl (C=O) groups excluding carboxylic acids is 2. The van der Waals surface area contributed by atoms with Gasteiger partial charge < -0.3 is 0 Å². The van der Waals surface area contributed by atoms with Gasteiger partial charge >= 0.3 is 11.9 Å². The molecule has 0 heterocycles. The highest BCUT2D eigenvalue weighted by molar-refractivity contribution is 5.72. The van der Waals surface area contributed by atoms with Crippen molar-refractivity contribution in [3.63, 3.8) is 0 Å². The highest BCUT2D eigenvalue weighted by Gasteiger charge is 2.26. The van der Waals surface area contributed by atoms with Crippen LogP contribution >= 0.6 is 0 Å². The lowest BCUT2D eigenvalue weighted by molar-refractivity contribution is -0.259. The van der Waals surface area contributed by atoms with E-state index in [1.165, 1.54) is 0 Å². The zero-order valence-corrected chi connectivity index (χ0v) is 7.04. The van der Waals surface area contributed by atoms with Crippen LogP contribution in [-0.4, -0.2) is 11.9 Å². The Morgan fingerprint density at radius 1 is 1.25 bits per heavy atom. The van der Waals surface area contributed by atoms with Gasteiger partial charge in [0.15, 0.2) is 0 Å². The molecule has 12 heavy (non-hydrogen) atoms. The van der Waals surface area contributed by atoms with Gasteiger partial charge in [-0.2, -0.15) is 0 Å². The Morgan fingerprint density at radius 2 is 1.83 bits per heavy atom. The first-order valence-corrected chi connectivity index (χ1v) is 4.12. The first kappa shape index (κ1) is 9.03. The molecule has 0 atom stereocenters. The molecule has 0 spiro atoms. The molecule has 0 aromatic rings. The van der Waals surface area contributed by atoms with Crippen LogP contribution in [0.5, 0.6) is 0 Å². The first-order chi connectivity index (χ1) is 5.72. The Kier molecular flexibility index (Phi) is 3.08. The van der Waals surface area contributed by atoms with Crippen LogP contribution in [0.3, 0.4) is 0 Å². The third-order valence-electron chi connectivity index (χ3n) is 1.67. The molecule has 4 nitrogen and oxygen atoms in total. The molecule has 0 saturated heterocycles. The Labute approximate surface area is 70.8 Å². The largest absolute Gasteiger partial charge is 0.355 e. The maximum Gasteiger partial charge on any atom is 0.355 e. The molecule has 4 heteroatoms. The van der Waals surface area contributed by atoms with E-state index in [1.807, 2.05) is 0 Å². The Balaban J connectivity index is 2.04. The fraction of sp³-hybridized carbons (Fsp3) is 0.750. The van der Waals surface area contributed by atoms with Crippen molar-refractivity contribution >= 4 is 11.9 Å². The third-order valence-corrected chi connectivity index (χ3v) is 1.67. The van der Waals surface area contributed by atoms with Gasteiger partial charge in [-0.15, -0.1) is 0 Å². The highest BCUT2D eigenvalue weighted by atomic mass is 17.2. The van der Waals surface area contributed by atoms with E-state index in [-0.39, 0.29) is 6.42 Å². The smallest absolute Gasteiger partial charge is 0.247 e. The summed E-state index contributed by atoms with van der Waals surface area (Å²) >= 11 is 0. The van der Waals surface area contributed by atoms with Gasteiger partial charge in [0.05, 0.1) is 6.42 Å². The molecule has 1 rings (SSSR count). The van der Waals surface area contributed by atoms with Gasteiger partial charge in [-0.1, -0.05) is 6.92 Å². The molecule has 1 aliphatic rings. The van der Waals surface area contributed by atoms with Gasteiger partial charge in [-0.05, 0) is 18.8 Å². The van der Waals surface area contributed by atoms with E-state index in [4.69, 9.17) is 0 Å². The number of hydrogen-bond acceptors (Lipinski definition) is 4. The average molecular weight is 172 g/mol. The summed E-state index contributed by atoms with van der Waals surface area (Å²) in [5, 5.41) is 0. The van der Waals surface area contributed by atoms with Gasteiger partial charge in [0.2, 0.25) is 0 Å². The summed E-state index contributed by atoms with van der Waals surface area (Å²) < 4.78 is 0. The normalized spacial score (nSPS) is 15.4. The van der Waals surface area contributed by atoms with Gasteiger partial charge in [0.1, 0.15) is 0 Å². The maximum absolute atomic E-state index is 10.8. The minimum absolute atomic E-state index is 0.219. The molecule has 0 unspecified atom stereocenters. The van der Waals surface area contributed by atoms with E-state index in [2.05, 4.69) is 9.78 Å². The molecule has 68 valence electrons. The lowest BCUT2D eigenvalue weighted by Crippen LogP contribution is -2.10. The zero-order chi connectivity index (χ0) is 8.97. The predicted molar refractivity (Wildman–Crippen MR) is 39.8 cm³/mol. The fourth-order valence-electron chi connectivity index (χ4n) is 0.744. The molecule has 0 aromatic carbocycles. The molecule has 0 radical (unpaired) electrons. The van der Waals surface area contributed by atoms with Crippen molar-refractivity contribution < 1.29 is 19.4 Å². The number of rotatable bonds is 3. The summed E-state index contributed by atoms with van der Waals surface area (Å²) in [5.41, 5.74) is 0. The fourth-order valence-corrected chi connectivity index (χ4v) is 0.744. The van der Waals surface area contributed by atoms with Crippen molar-refractivity contribution in [3.05, 3.63) is 0 Å². The quantitative estimate of drug-likeness (QED) is 0.474. The molecule has 0 aliphatic heterocycles. The average Bonchev–Trinajstić information content (AvgIpc) is 2.84. The molecule has 1 aliphatic carbocycles. The van der Waals surface area contributed by atoms with Crippen LogP contribution in [-0.2, 0) is 19.4 Å². The van der Waals surface area contributed by atoms with Crippen LogP contribution < -0.4 is 0 Å². The minimum Gasteiger partial charge on any atom is -0.247 e. The Bertz CT molecular complexity index is 183. The van der Waals surface area contributed by atoms with Crippen molar-refractivity contribution in [2.75, 3.05) is 0 Å². The van der Waals surface area contributed by atoms with E-state index in [0.29, 0.717) is 12.3 Å². The second-order valence-corrected chi connectivity index (χ2v) is 2.91. The van der Waals surface area contributed by atoms with Crippen LogP contribution in [0, 0.1) is 5.92 Å². The van der Waals surface area contributed by atoms with Gasteiger partial charge in [0, 0.05) is 6.42 Å². The molecule has 0 bridgehead atoms. The molecule has 1 saturated carbocycles. The van der Waals surface area contributed by atoms with Gasteiger partial charge in [-0.25, -0.2) is 19.4 Å². The van der Waals surface area contributed by atoms with Crippen LogP contribution in [0.1, 0.15) is 32.6 Å². The molecule has 0 amide bonds. The summed E-state index contributed by atoms with van der Waals surface area (Å²) in [4.78, 5) is 29.8. The first-order valence-electron chi connectivity index (χ1n) is 4.12. The summed E-state index contributed by atoms with van der Waals surface area (Å²) in [6.45, 7) is 1.64. The lowest BCUT2D eigenvalue weighted by atomic mass is 10.3. The van der Waals surface area contributed by atoms with Crippen LogP contribution in [0.4, 0.5) is 0 Å². The second-order valence-electron chi connectivity index (χ2n) is 2.91. The lowest BCUT2D eigenvalue weighted by Gasteiger charge is -1.99. The van der Waals surface area contributed by atoms with Gasteiger partial charge in [0.25, 0.3) is 0 Å².